The van der Waals surface area contributed by atoms with Gasteiger partial charge in [0.25, 0.3) is 0 Å². The van der Waals surface area contributed by atoms with E-state index in [1.165, 1.54) is 0 Å². The van der Waals surface area contributed by atoms with Crippen LogP contribution in [0.2, 0.25) is 0 Å². The van der Waals surface area contributed by atoms with Gasteiger partial charge in [0.05, 0.1) is 30.3 Å². The van der Waals surface area contributed by atoms with Gasteiger partial charge in [-0.3, -0.25) is 4.79 Å². The van der Waals surface area contributed by atoms with Crippen LogP contribution in [0.1, 0.15) is 62.7 Å². The molecule has 4 fully saturated rings. The summed E-state index contributed by atoms with van der Waals surface area (Å²) in [6, 6.07) is 9.12. The van der Waals surface area contributed by atoms with Crippen LogP contribution in [0.4, 0.5) is 0 Å². The number of fused-ring (bicyclic) bond motifs is 5. The van der Waals surface area contributed by atoms with E-state index >= 15 is 0 Å². The zero-order valence-corrected chi connectivity index (χ0v) is 18.9. The molecule has 174 valence electrons. The first-order valence-corrected chi connectivity index (χ1v) is 12.0. The average Bonchev–Trinajstić information content (AvgIpc) is 3.06. The molecule has 0 bridgehead atoms. The van der Waals surface area contributed by atoms with Crippen molar-refractivity contribution in [2.75, 3.05) is 6.61 Å². The van der Waals surface area contributed by atoms with Gasteiger partial charge < -0.3 is 19.7 Å². The molecule has 0 aromatic heterocycles. The Balaban J connectivity index is 1.40. The lowest BCUT2D eigenvalue weighted by atomic mass is 9.49. The summed E-state index contributed by atoms with van der Waals surface area (Å²) in [5, 5.41) is 20.7. The van der Waals surface area contributed by atoms with Crippen molar-refractivity contribution >= 4 is 11.9 Å². The Morgan fingerprint density at radius 1 is 1.03 bits per heavy atom. The van der Waals surface area contributed by atoms with Crippen LogP contribution in [0.25, 0.3) is 0 Å². The Morgan fingerprint density at radius 2 is 1.75 bits per heavy atom. The summed E-state index contributed by atoms with van der Waals surface area (Å²) >= 11 is 0. The molecule has 6 heteroatoms. The number of aliphatic hydroxyl groups excluding tert-OH is 2. The number of rotatable bonds is 2. The maximum atomic E-state index is 12.9. The lowest BCUT2D eigenvalue weighted by molar-refractivity contribution is -0.162. The van der Waals surface area contributed by atoms with Gasteiger partial charge in [-0.05, 0) is 73.8 Å². The van der Waals surface area contributed by atoms with E-state index in [9.17, 15) is 19.8 Å². The fraction of sp³-hybridized carbons (Fsp3) is 0.692. The van der Waals surface area contributed by atoms with E-state index in [0.717, 1.165) is 25.7 Å². The summed E-state index contributed by atoms with van der Waals surface area (Å²) in [6.07, 6.45) is 2.43. The Hall–Kier alpha value is -1.92. The highest BCUT2D eigenvalue weighted by molar-refractivity contribution is 5.89. The van der Waals surface area contributed by atoms with Gasteiger partial charge in [-0.25, -0.2) is 4.79 Å². The van der Waals surface area contributed by atoms with Crippen molar-refractivity contribution in [1.29, 1.82) is 0 Å². The van der Waals surface area contributed by atoms with E-state index in [4.69, 9.17) is 9.47 Å². The molecule has 2 N–H and O–H groups in total. The minimum atomic E-state index is -0.876. The zero-order valence-electron chi connectivity index (χ0n) is 18.9. The Morgan fingerprint density at radius 3 is 2.50 bits per heavy atom. The molecule has 1 aromatic rings. The summed E-state index contributed by atoms with van der Waals surface area (Å²) in [5.74, 6) is -0.184. The smallest absolute Gasteiger partial charge is 0.338 e. The van der Waals surface area contributed by atoms with Gasteiger partial charge in [0.1, 0.15) is 6.10 Å². The highest BCUT2D eigenvalue weighted by atomic mass is 16.5. The molecule has 3 saturated carbocycles. The summed E-state index contributed by atoms with van der Waals surface area (Å²) in [6.45, 7) is 4.72. The quantitative estimate of drug-likeness (QED) is 0.683. The van der Waals surface area contributed by atoms with E-state index in [0.29, 0.717) is 24.5 Å². The second-order valence-electron chi connectivity index (χ2n) is 11.0. The van der Waals surface area contributed by atoms with E-state index in [-0.39, 0.29) is 47.6 Å². The van der Waals surface area contributed by atoms with Crippen LogP contribution in [0.15, 0.2) is 30.3 Å². The first-order valence-electron chi connectivity index (χ1n) is 12.0. The van der Waals surface area contributed by atoms with E-state index in [1.54, 1.807) is 12.1 Å². The number of carbonyl (C=O) groups is 2. The molecule has 9 atom stereocenters. The van der Waals surface area contributed by atoms with Crippen LogP contribution in [0.3, 0.4) is 0 Å². The molecule has 1 saturated heterocycles. The van der Waals surface area contributed by atoms with Crippen LogP contribution < -0.4 is 0 Å². The number of ether oxygens (including phenoxy) is 2. The average molecular weight is 443 g/mol. The lowest BCUT2D eigenvalue weighted by Gasteiger charge is -2.55. The van der Waals surface area contributed by atoms with Crippen LogP contribution >= 0.6 is 0 Å². The molecule has 1 aliphatic heterocycles. The SMILES string of the molecule is C[C@]12C[C@@H](O)[C@@H](O)C[C@@H]1C(=O)OC[C@@H]1[C@@H]2CC[C@]2(C)[C@@H](OC(=O)c3ccccc3)CC[C@@H]12. The Labute approximate surface area is 189 Å². The third-order valence-corrected chi connectivity index (χ3v) is 9.52. The fourth-order valence-corrected chi connectivity index (χ4v) is 7.71. The molecule has 4 aliphatic rings. The number of aliphatic hydroxyl groups is 2. The predicted molar refractivity (Wildman–Crippen MR) is 116 cm³/mol. The van der Waals surface area contributed by atoms with Crippen molar-refractivity contribution in [3.05, 3.63) is 35.9 Å². The second kappa shape index (κ2) is 7.84. The van der Waals surface area contributed by atoms with E-state index < -0.39 is 17.6 Å². The normalized spacial score (nSPS) is 45.6. The maximum absolute atomic E-state index is 12.9. The first-order chi connectivity index (χ1) is 15.2. The molecule has 32 heavy (non-hydrogen) atoms. The van der Waals surface area contributed by atoms with Gasteiger partial charge in [0.15, 0.2) is 0 Å². The molecule has 3 aliphatic carbocycles. The molecule has 5 rings (SSSR count). The van der Waals surface area contributed by atoms with Crippen LogP contribution in [-0.2, 0) is 14.3 Å². The summed E-state index contributed by atoms with van der Waals surface area (Å²) in [4.78, 5) is 25.7. The van der Waals surface area contributed by atoms with Crippen LogP contribution in [0, 0.1) is 34.5 Å². The van der Waals surface area contributed by atoms with Gasteiger partial charge in [0.2, 0.25) is 0 Å². The Bertz CT molecular complexity index is 886. The summed E-state index contributed by atoms with van der Waals surface area (Å²) < 4.78 is 11.8. The highest BCUT2D eigenvalue weighted by Gasteiger charge is 2.63. The van der Waals surface area contributed by atoms with Crippen molar-refractivity contribution in [1.82, 2.24) is 0 Å². The minimum absolute atomic E-state index is 0.150. The molecular formula is C26H34O6. The predicted octanol–water partition coefficient (Wildman–Crippen LogP) is 3.35. The van der Waals surface area contributed by atoms with Crippen molar-refractivity contribution < 1.29 is 29.3 Å². The van der Waals surface area contributed by atoms with E-state index in [2.05, 4.69) is 13.8 Å². The monoisotopic (exact) mass is 442 g/mol. The molecule has 1 aromatic carbocycles. The van der Waals surface area contributed by atoms with Crippen molar-refractivity contribution in [3.8, 4) is 0 Å². The molecule has 0 amide bonds. The van der Waals surface area contributed by atoms with Gasteiger partial charge in [-0.1, -0.05) is 32.0 Å². The maximum Gasteiger partial charge on any atom is 0.338 e. The molecule has 6 nitrogen and oxygen atoms in total. The third-order valence-electron chi connectivity index (χ3n) is 9.52. The largest absolute Gasteiger partial charge is 0.465 e. The van der Waals surface area contributed by atoms with E-state index in [1.807, 2.05) is 18.2 Å². The third kappa shape index (κ3) is 3.29. The van der Waals surface area contributed by atoms with Crippen LogP contribution in [-0.4, -0.2) is 47.1 Å². The molecule has 0 radical (unpaired) electrons. The van der Waals surface area contributed by atoms with Gasteiger partial charge >= 0.3 is 11.9 Å². The number of hydrogen-bond donors (Lipinski definition) is 2. The molecule has 0 spiro atoms. The molecular weight excluding hydrogens is 408 g/mol. The number of benzene rings is 1. The Kier molecular flexibility index (Phi) is 5.37. The number of hydrogen-bond acceptors (Lipinski definition) is 6. The zero-order chi connectivity index (χ0) is 22.7. The molecule has 1 heterocycles. The van der Waals surface area contributed by atoms with Crippen molar-refractivity contribution in [3.63, 3.8) is 0 Å². The molecule has 0 unspecified atom stereocenters. The lowest BCUT2D eigenvalue weighted by Crippen LogP contribution is -2.54. The number of cyclic esters (lactones) is 1. The summed E-state index contributed by atoms with van der Waals surface area (Å²) in [7, 11) is 0. The van der Waals surface area contributed by atoms with Crippen LogP contribution in [0.5, 0.6) is 0 Å². The second-order valence-corrected chi connectivity index (χ2v) is 11.0. The first kappa shape index (κ1) is 21.9. The van der Waals surface area contributed by atoms with Gasteiger partial charge in [-0.15, -0.1) is 0 Å². The minimum Gasteiger partial charge on any atom is -0.465 e. The summed E-state index contributed by atoms with van der Waals surface area (Å²) in [5.41, 5.74) is 0.0274. The number of esters is 2. The van der Waals surface area contributed by atoms with Gasteiger partial charge in [0, 0.05) is 5.41 Å². The number of carbonyl (C=O) groups excluding carboxylic acids is 2. The topological polar surface area (TPSA) is 93.1 Å². The highest BCUT2D eigenvalue weighted by Crippen LogP contribution is 2.63. The van der Waals surface area contributed by atoms with Gasteiger partial charge in [-0.2, -0.15) is 0 Å². The van der Waals surface area contributed by atoms with Crippen molar-refractivity contribution in [2.45, 2.75) is 70.7 Å². The fourth-order valence-electron chi connectivity index (χ4n) is 7.71. The standard InChI is InChI=1S/C26H34O6/c1-25-11-10-18-16(14-31-24(30)19-12-20(27)21(28)13-26(18,19)2)17(25)8-9-22(25)32-23(29)15-6-4-3-5-7-15/h3-7,16-22,27-28H,8-14H2,1-2H3/t16-,17-,18-,19+,20-,21+,22-,25-,26+/m0/s1. The van der Waals surface area contributed by atoms with Crippen molar-refractivity contribution in [2.24, 2.45) is 34.5 Å².